The van der Waals surface area contributed by atoms with Gasteiger partial charge in [0.2, 0.25) is 5.91 Å². The minimum Gasteiger partial charge on any atom is -0.495 e. The predicted molar refractivity (Wildman–Crippen MR) is 109 cm³/mol. The Morgan fingerprint density at radius 2 is 2.00 bits per heavy atom. The first-order valence-electron chi connectivity index (χ1n) is 8.98. The van der Waals surface area contributed by atoms with Crippen molar-refractivity contribution in [2.75, 3.05) is 43.9 Å². The summed E-state index contributed by atoms with van der Waals surface area (Å²) < 4.78 is 6.91. The molecule has 1 fully saturated rings. The Hall–Kier alpha value is -3.00. The van der Waals surface area contributed by atoms with Gasteiger partial charge in [-0.05, 0) is 18.2 Å². The highest BCUT2D eigenvalue weighted by atomic mass is 35.5. The molecule has 1 amide bonds. The van der Waals surface area contributed by atoms with Crippen LogP contribution in [0.3, 0.4) is 0 Å². The number of hydrogen-bond donors (Lipinski definition) is 1. The summed E-state index contributed by atoms with van der Waals surface area (Å²) in [5, 5.41) is 5.69. The van der Waals surface area contributed by atoms with Gasteiger partial charge >= 0.3 is 0 Å². The molecule has 0 aliphatic carbocycles. The van der Waals surface area contributed by atoms with Gasteiger partial charge in [-0.1, -0.05) is 11.6 Å². The molecule has 2 aromatic heterocycles. The zero-order valence-electron chi connectivity index (χ0n) is 15.5. The number of halogens is 1. The van der Waals surface area contributed by atoms with Crippen LogP contribution in [0.1, 0.15) is 0 Å². The van der Waals surface area contributed by atoms with E-state index in [4.69, 9.17) is 22.1 Å². The van der Waals surface area contributed by atoms with Gasteiger partial charge in [-0.2, -0.15) is 5.10 Å². The van der Waals surface area contributed by atoms with Crippen molar-refractivity contribution in [3.8, 4) is 5.75 Å². The third kappa shape index (κ3) is 3.55. The smallest absolute Gasteiger partial charge is 0.244 e. The van der Waals surface area contributed by atoms with E-state index in [2.05, 4.69) is 15.0 Å². The SMILES string of the molecule is COc1cc(N2CCN(C(=O)Cn3ncc4cc(N)cnc43)CC2)ccc1Cl. The molecule has 0 unspecified atom stereocenters. The molecular formula is C19H21ClN6O2. The van der Waals surface area contributed by atoms with Crippen LogP contribution in [-0.2, 0) is 11.3 Å². The van der Waals surface area contributed by atoms with Crippen LogP contribution in [0, 0.1) is 0 Å². The minimum atomic E-state index is 0.0250. The zero-order valence-corrected chi connectivity index (χ0v) is 16.3. The molecule has 8 nitrogen and oxygen atoms in total. The molecular weight excluding hydrogens is 380 g/mol. The molecule has 9 heteroatoms. The number of anilines is 2. The van der Waals surface area contributed by atoms with Crippen molar-refractivity contribution in [2.45, 2.75) is 6.54 Å². The number of piperazine rings is 1. The molecule has 1 aromatic carbocycles. The number of carbonyl (C=O) groups is 1. The Labute approximate surface area is 167 Å². The van der Waals surface area contributed by atoms with E-state index in [1.54, 1.807) is 30.3 Å². The first kappa shape index (κ1) is 18.4. The van der Waals surface area contributed by atoms with Crippen LogP contribution in [-0.4, -0.2) is 58.9 Å². The molecule has 2 N–H and O–H groups in total. The maximum atomic E-state index is 12.7. The lowest BCUT2D eigenvalue weighted by Crippen LogP contribution is -2.49. The molecule has 1 aliphatic heterocycles. The fourth-order valence-corrected chi connectivity index (χ4v) is 3.59. The predicted octanol–water partition coefficient (Wildman–Crippen LogP) is 2.02. The Balaban J connectivity index is 1.40. The second-order valence-corrected chi connectivity index (χ2v) is 7.08. The van der Waals surface area contributed by atoms with E-state index in [9.17, 15) is 4.79 Å². The molecule has 0 saturated carbocycles. The number of aromatic nitrogens is 3. The quantitative estimate of drug-likeness (QED) is 0.720. The van der Waals surface area contributed by atoms with Crippen molar-refractivity contribution < 1.29 is 9.53 Å². The fourth-order valence-electron chi connectivity index (χ4n) is 3.39. The summed E-state index contributed by atoms with van der Waals surface area (Å²) in [5.74, 6) is 0.674. The number of methoxy groups -OCH3 is 1. The first-order valence-corrected chi connectivity index (χ1v) is 9.36. The summed E-state index contributed by atoms with van der Waals surface area (Å²) in [6.45, 7) is 2.93. The number of nitrogen functional groups attached to an aromatic ring is 1. The molecule has 3 heterocycles. The molecule has 4 rings (SSSR count). The van der Waals surface area contributed by atoms with Crippen molar-refractivity contribution in [1.82, 2.24) is 19.7 Å². The summed E-state index contributed by atoms with van der Waals surface area (Å²) in [6, 6.07) is 7.52. The molecule has 1 saturated heterocycles. The molecule has 1 aliphatic rings. The second kappa shape index (κ2) is 7.55. The number of benzene rings is 1. The Bertz CT molecular complexity index is 1010. The number of ether oxygens (including phenoxy) is 1. The van der Waals surface area contributed by atoms with Gasteiger partial charge in [0.05, 0.1) is 30.2 Å². The molecule has 3 aromatic rings. The monoisotopic (exact) mass is 400 g/mol. The third-order valence-electron chi connectivity index (χ3n) is 4.91. The van der Waals surface area contributed by atoms with Crippen molar-refractivity contribution >= 4 is 39.9 Å². The van der Waals surface area contributed by atoms with Gasteiger partial charge < -0.3 is 20.3 Å². The summed E-state index contributed by atoms with van der Waals surface area (Å²) in [5.41, 5.74) is 8.02. The standard InChI is InChI=1S/C19H21ClN6O2/c1-28-17-9-15(2-3-16(17)20)24-4-6-25(7-5-24)18(27)12-26-19-13(10-23-26)8-14(21)11-22-19/h2-3,8-11H,4-7,12,21H2,1H3. The highest BCUT2D eigenvalue weighted by Gasteiger charge is 2.23. The van der Waals surface area contributed by atoms with Gasteiger partial charge in [-0.25, -0.2) is 9.67 Å². The van der Waals surface area contributed by atoms with Crippen LogP contribution in [0.4, 0.5) is 11.4 Å². The lowest BCUT2D eigenvalue weighted by molar-refractivity contribution is -0.132. The number of nitrogens with zero attached hydrogens (tertiary/aromatic N) is 5. The van der Waals surface area contributed by atoms with Crippen molar-refractivity contribution in [3.63, 3.8) is 0 Å². The molecule has 0 atom stereocenters. The van der Waals surface area contributed by atoms with Crippen LogP contribution in [0.5, 0.6) is 5.75 Å². The van der Waals surface area contributed by atoms with E-state index in [0.717, 1.165) is 24.2 Å². The molecule has 28 heavy (non-hydrogen) atoms. The van der Waals surface area contributed by atoms with E-state index < -0.39 is 0 Å². The van der Waals surface area contributed by atoms with Crippen LogP contribution >= 0.6 is 11.6 Å². The fraction of sp³-hybridized carbons (Fsp3) is 0.316. The molecule has 0 spiro atoms. The number of amides is 1. The van der Waals surface area contributed by atoms with E-state index in [-0.39, 0.29) is 12.5 Å². The highest BCUT2D eigenvalue weighted by Crippen LogP contribution is 2.29. The Kier molecular flexibility index (Phi) is 4.95. The van der Waals surface area contributed by atoms with E-state index in [1.165, 1.54) is 0 Å². The summed E-state index contributed by atoms with van der Waals surface area (Å²) in [4.78, 5) is 21.1. The largest absolute Gasteiger partial charge is 0.495 e. The number of fused-ring (bicyclic) bond motifs is 1. The van der Waals surface area contributed by atoms with Crippen molar-refractivity contribution in [1.29, 1.82) is 0 Å². The summed E-state index contributed by atoms with van der Waals surface area (Å²) >= 11 is 6.10. The average molecular weight is 401 g/mol. The van der Waals surface area contributed by atoms with Crippen LogP contribution < -0.4 is 15.4 Å². The topological polar surface area (TPSA) is 89.5 Å². The van der Waals surface area contributed by atoms with Crippen LogP contribution in [0.15, 0.2) is 36.7 Å². The Morgan fingerprint density at radius 1 is 1.21 bits per heavy atom. The first-order chi connectivity index (χ1) is 13.5. The van der Waals surface area contributed by atoms with Crippen molar-refractivity contribution in [2.24, 2.45) is 0 Å². The van der Waals surface area contributed by atoms with E-state index >= 15 is 0 Å². The van der Waals surface area contributed by atoms with Gasteiger partial charge in [0, 0.05) is 43.3 Å². The van der Waals surface area contributed by atoms with Crippen LogP contribution in [0.2, 0.25) is 5.02 Å². The number of nitrogens with two attached hydrogens (primary N) is 1. The van der Waals surface area contributed by atoms with Gasteiger partial charge in [0.1, 0.15) is 12.3 Å². The van der Waals surface area contributed by atoms with Crippen LogP contribution in [0.25, 0.3) is 11.0 Å². The summed E-state index contributed by atoms with van der Waals surface area (Å²) in [6.07, 6.45) is 3.25. The highest BCUT2D eigenvalue weighted by molar-refractivity contribution is 6.32. The van der Waals surface area contributed by atoms with Crippen molar-refractivity contribution in [3.05, 3.63) is 41.7 Å². The van der Waals surface area contributed by atoms with E-state index in [1.807, 2.05) is 23.1 Å². The third-order valence-corrected chi connectivity index (χ3v) is 5.23. The number of rotatable bonds is 4. The zero-order chi connectivity index (χ0) is 19.7. The molecule has 146 valence electrons. The van der Waals surface area contributed by atoms with Gasteiger partial charge in [0.25, 0.3) is 0 Å². The Morgan fingerprint density at radius 3 is 2.75 bits per heavy atom. The lowest BCUT2D eigenvalue weighted by Gasteiger charge is -2.36. The second-order valence-electron chi connectivity index (χ2n) is 6.67. The molecule has 0 radical (unpaired) electrons. The average Bonchev–Trinajstić information content (AvgIpc) is 3.10. The minimum absolute atomic E-state index is 0.0250. The number of hydrogen-bond acceptors (Lipinski definition) is 6. The maximum Gasteiger partial charge on any atom is 0.244 e. The normalized spacial score (nSPS) is 14.5. The van der Waals surface area contributed by atoms with E-state index in [0.29, 0.717) is 35.2 Å². The number of carbonyl (C=O) groups excluding carboxylic acids is 1. The van der Waals surface area contributed by atoms with Gasteiger partial charge in [-0.3, -0.25) is 4.79 Å². The van der Waals surface area contributed by atoms with Gasteiger partial charge in [0.15, 0.2) is 5.65 Å². The van der Waals surface area contributed by atoms with Gasteiger partial charge in [-0.15, -0.1) is 0 Å². The number of pyridine rings is 1. The molecule has 0 bridgehead atoms. The lowest BCUT2D eigenvalue weighted by atomic mass is 10.2. The summed E-state index contributed by atoms with van der Waals surface area (Å²) in [7, 11) is 1.60. The maximum absolute atomic E-state index is 12.7.